The van der Waals surface area contributed by atoms with Crippen LogP contribution in [0.2, 0.25) is 0 Å². The van der Waals surface area contributed by atoms with Gasteiger partial charge >= 0.3 is 0 Å². The maximum absolute atomic E-state index is 11.9. The van der Waals surface area contributed by atoms with Gasteiger partial charge in [-0.25, -0.2) is 4.98 Å². The van der Waals surface area contributed by atoms with Crippen LogP contribution >= 0.6 is 34.4 Å². The van der Waals surface area contributed by atoms with E-state index in [1.54, 1.807) is 17.5 Å². The second kappa shape index (κ2) is 7.91. The van der Waals surface area contributed by atoms with Crippen molar-refractivity contribution in [1.82, 2.24) is 19.7 Å². The number of thiophene rings is 1. The molecule has 0 spiro atoms. The maximum atomic E-state index is 11.9. The van der Waals surface area contributed by atoms with Crippen molar-refractivity contribution in [3.63, 3.8) is 0 Å². The number of hydrogen-bond acceptors (Lipinski definition) is 7. The Kier molecular flexibility index (Phi) is 5.64. The molecular formula is C15H17N5OS3. The lowest BCUT2D eigenvalue weighted by atomic mass is 10.2. The number of amides is 1. The number of nitrogens with one attached hydrogen (secondary N) is 1. The second-order valence-electron chi connectivity index (χ2n) is 5.09. The zero-order chi connectivity index (χ0) is 16.9. The Hall–Kier alpha value is -1.71. The van der Waals surface area contributed by atoms with Gasteiger partial charge in [0, 0.05) is 34.4 Å². The van der Waals surface area contributed by atoms with Gasteiger partial charge in [-0.05, 0) is 12.5 Å². The first-order valence-electron chi connectivity index (χ1n) is 7.46. The molecular weight excluding hydrogens is 362 g/mol. The predicted molar refractivity (Wildman–Crippen MR) is 99.8 cm³/mol. The van der Waals surface area contributed by atoms with Crippen LogP contribution in [0.5, 0.6) is 0 Å². The number of carbonyl (C=O) groups excluding carboxylic acids is 1. The standard InChI is InChI=1S/C15H17N5OS3/c1-3-4-11-7-10(8-23-11)13-18-19-15(20(13)2)24-9-12(21)17-14-16-5-6-22-14/h5-8H,3-4,9H2,1-2H3,(H,16,17,21). The second-order valence-corrected chi connectivity index (χ2v) is 7.92. The third kappa shape index (κ3) is 4.03. The Balaban J connectivity index is 1.63. The molecule has 0 aliphatic carbocycles. The zero-order valence-electron chi connectivity index (χ0n) is 13.4. The van der Waals surface area contributed by atoms with Crippen LogP contribution < -0.4 is 5.32 Å². The summed E-state index contributed by atoms with van der Waals surface area (Å²) in [7, 11) is 1.92. The first kappa shape index (κ1) is 17.1. The molecule has 3 rings (SSSR count). The fourth-order valence-corrected chi connectivity index (χ4v) is 4.36. The topological polar surface area (TPSA) is 72.7 Å². The van der Waals surface area contributed by atoms with Gasteiger partial charge in [0.1, 0.15) is 0 Å². The molecule has 3 aromatic rings. The first-order valence-corrected chi connectivity index (χ1v) is 10.2. The van der Waals surface area contributed by atoms with Crippen molar-refractivity contribution in [3.8, 4) is 11.4 Å². The van der Waals surface area contributed by atoms with E-state index in [9.17, 15) is 4.79 Å². The highest BCUT2D eigenvalue weighted by atomic mass is 32.2. The van der Waals surface area contributed by atoms with E-state index in [-0.39, 0.29) is 11.7 Å². The molecule has 0 aliphatic heterocycles. The van der Waals surface area contributed by atoms with Crippen LogP contribution in [-0.2, 0) is 18.3 Å². The lowest BCUT2D eigenvalue weighted by Gasteiger charge is -2.03. The molecule has 1 amide bonds. The minimum Gasteiger partial charge on any atom is -0.305 e. The van der Waals surface area contributed by atoms with Crippen LogP contribution in [0.3, 0.4) is 0 Å². The molecule has 1 N–H and O–H groups in total. The fourth-order valence-electron chi connectivity index (χ4n) is 2.14. The van der Waals surface area contributed by atoms with E-state index in [1.165, 1.54) is 28.0 Å². The van der Waals surface area contributed by atoms with Crippen LogP contribution in [-0.4, -0.2) is 31.4 Å². The van der Waals surface area contributed by atoms with Crippen LogP contribution in [0.1, 0.15) is 18.2 Å². The van der Waals surface area contributed by atoms with Crippen molar-refractivity contribution < 1.29 is 4.79 Å². The summed E-state index contributed by atoms with van der Waals surface area (Å²) in [5.74, 6) is 1.01. The number of anilines is 1. The molecule has 0 aliphatic rings. The number of rotatable bonds is 7. The Labute approximate surface area is 152 Å². The minimum atomic E-state index is -0.0970. The summed E-state index contributed by atoms with van der Waals surface area (Å²) in [6, 6.07) is 2.17. The fraction of sp³-hybridized carbons (Fsp3) is 0.333. The summed E-state index contributed by atoms with van der Waals surface area (Å²) in [5, 5.41) is 16.5. The van der Waals surface area contributed by atoms with E-state index in [2.05, 4.69) is 38.9 Å². The van der Waals surface area contributed by atoms with Crippen molar-refractivity contribution in [2.45, 2.75) is 24.9 Å². The molecule has 3 aromatic heterocycles. The Bertz CT molecular complexity index is 809. The molecule has 9 heteroatoms. The molecule has 0 saturated heterocycles. The molecule has 0 bridgehead atoms. The van der Waals surface area contributed by atoms with E-state index in [1.807, 2.05) is 17.0 Å². The van der Waals surface area contributed by atoms with E-state index in [0.29, 0.717) is 5.13 Å². The number of aromatic nitrogens is 4. The van der Waals surface area contributed by atoms with Crippen molar-refractivity contribution in [3.05, 3.63) is 27.9 Å². The first-order chi connectivity index (χ1) is 11.7. The van der Waals surface area contributed by atoms with Crippen LogP contribution in [0.4, 0.5) is 5.13 Å². The van der Waals surface area contributed by atoms with Crippen molar-refractivity contribution in [1.29, 1.82) is 0 Å². The monoisotopic (exact) mass is 379 g/mol. The zero-order valence-corrected chi connectivity index (χ0v) is 15.8. The summed E-state index contributed by atoms with van der Waals surface area (Å²) < 4.78 is 1.93. The van der Waals surface area contributed by atoms with Gasteiger partial charge in [-0.15, -0.1) is 32.9 Å². The van der Waals surface area contributed by atoms with Crippen LogP contribution in [0.25, 0.3) is 11.4 Å². The largest absolute Gasteiger partial charge is 0.305 e. The molecule has 0 unspecified atom stereocenters. The van der Waals surface area contributed by atoms with E-state index < -0.39 is 0 Å². The third-order valence-corrected chi connectivity index (χ3v) is 5.96. The molecule has 0 saturated carbocycles. The van der Waals surface area contributed by atoms with Crippen LogP contribution in [0, 0.1) is 0 Å². The summed E-state index contributed by atoms with van der Waals surface area (Å²) in [6.45, 7) is 2.17. The number of aryl methyl sites for hydroxylation is 1. The number of nitrogens with zero attached hydrogens (tertiary/aromatic N) is 4. The molecule has 6 nitrogen and oxygen atoms in total. The van der Waals surface area contributed by atoms with Gasteiger partial charge in [0.15, 0.2) is 16.1 Å². The molecule has 0 aromatic carbocycles. The van der Waals surface area contributed by atoms with Crippen molar-refractivity contribution in [2.75, 3.05) is 11.1 Å². The van der Waals surface area contributed by atoms with Gasteiger partial charge in [-0.1, -0.05) is 25.1 Å². The lowest BCUT2D eigenvalue weighted by Crippen LogP contribution is -2.14. The molecule has 24 heavy (non-hydrogen) atoms. The van der Waals surface area contributed by atoms with Gasteiger partial charge in [-0.2, -0.15) is 0 Å². The summed E-state index contributed by atoms with van der Waals surface area (Å²) in [4.78, 5) is 17.3. The summed E-state index contributed by atoms with van der Waals surface area (Å²) >= 11 is 4.52. The highest BCUT2D eigenvalue weighted by Crippen LogP contribution is 2.27. The van der Waals surface area contributed by atoms with Crippen molar-refractivity contribution in [2.24, 2.45) is 7.05 Å². The van der Waals surface area contributed by atoms with E-state index in [0.717, 1.165) is 29.4 Å². The number of thioether (sulfide) groups is 1. The quantitative estimate of drug-likeness (QED) is 0.634. The number of thiazole rings is 1. The Morgan fingerprint density at radius 2 is 2.25 bits per heavy atom. The summed E-state index contributed by atoms with van der Waals surface area (Å²) in [5.41, 5.74) is 1.08. The molecule has 0 radical (unpaired) electrons. The lowest BCUT2D eigenvalue weighted by molar-refractivity contribution is -0.113. The number of hydrogen-bond donors (Lipinski definition) is 1. The highest BCUT2D eigenvalue weighted by Gasteiger charge is 2.14. The highest BCUT2D eigenvalue weighted by molar-refractivity contribution is 7.99. The van der Waals surface area contributed by atoms with Gasteiger partial charge in [0.2, 0.25) is 5.91 Å². The maximum Gasteiger partial charge on any atom is 0.236 e. The van der Waals surface area contributed by atoms with Crippen molar-refractivity contribution >= 4 is 45.5 Å². The van der Waals surface area contributed by atoms with Gasteiger partial charge in [-0.3, -0.25) is 4.79 Å². The molecule has 126 valence electrons. The summed E-state index contributed by atoms with van der Waals surface area (Å²) in [6.07, 6.45) is 3.88. The normalized spacial score (nSPS) is 10.9. The molecule has 3 heterocycles. The van der Waals surface area contributed by atoms with Gasteiger partial charge in [0.25, 0.3) is 0 Å². The smallest absolute Gasteiger partial charge is 0.236 e. The van der Waals surface area contributed by atoms with Gasteiger partial charge < -0.3 is 9.88 Å². The Morgan fingerprint density at radius 1 is 1.38 bits per heavy atom. The Morgan fingerprint density at radius 3 is 3.00 bits per heavy atom. The molecule has 0 atom stereocenters. The third-order valence-electron chi connectivity index (χ3n) is 3.25. The predicted octanol–water partition coefficient (Wildman–Crippen LogP) is 3.68. The SMILES string of the molecule is CCCc1cc(-c2nnc(SCC(=O)Nc3nccs3)n2C)cs1. The molecule has 0 fully saturated rings. The number of carbonyl (C=O) groups is 1. The van der Waals surface area contributed by atoms with Crippen LogP contribution in [0.15, 0.2) is 28.2 Å². The van der Waals surface area contributed by atoms with E-state index in [4.69, 9.17) is 0 Å². The van der Waals surface area contributed by atoms with E-state index >= 15 is 0 Å². The minimum absolute atomic E-state index is 0.0970. The average Bonchev–Trinajstić information content (AvgIpc) is 3.28. The van der Waals surface area contributed by atoms with Gasteiger partial charge in [0.05, 0.1) is 5.75 Å². The average molecular weight is 380 g/mol.